The zero-order valence-electron chi connectivity index (χ0n) is 10.8. The third-order valence-corrected chi connectivity index (χ3v) is 3.84. The Bertz CT molecular complexity index is 614. The van der Waals surface area contributed by atoms with Crippen LogP contribution in [0.5, 0.6) is 5.75 Å². The van der Waals surface area contributed by atoms with Gasteiger partial charge in [-0.2, -0.15) is 0 Å². The maximum absolute atomic E-state index is 12.1. The normalized spacial score (nSPS) is 10.2. The minimum atomic E-state index is -0.205. The Morgan fingerprint density at radius 3 is 2.55 bits per heavy atom. The van der Waals surface area contributed by atoms with Crippen LogP contribution in [0.1, 0.15) is 17.3 Å². The molecule has 0 radical (unpaired) electrons. The smallest absolute Gasteiger partial charge is 0.255 e. The van der Waals surface area contributed by atoms with Gasteiger partial charge in [-0.25, -0.2) is 0 Å². The summed E-state index contributed by atoms with van der Waals surface area (Å²) in [6, 6.07) is 12.3. The molecule has 5 heteroatoms. The summed E-state index contributed by atoms with van der Waals surface area (Å²) in [6.07, 6.45) is 0. The van der Waals surface area contributed by atoms with Gasteiger partial charge in [0.25, 0.3) is 5.91 Å². The highest BCUT2D eigenvalue weighted by molar-refractivity contribution is 9.10. The first-order chi connectivity index (χ1) is 9.60. The van der Waals surface area contributed by atoms with Crippen LogP contribution >= 0.6 is 27.5 Å². The van der Waals surface area contributed by atoms with Crippen molar-refractivity contribution in [2.45, 2.75) is 6.92 Å². The molecule has 0 aliphatic carbocycles. The summed E-state index contributed by atoms with van der Waals surface area (Å²) in [5.74, 6) is 0.570. The molecule has 3 nitrogen and oxygen atoms in total. The second-order valence-corrected chi connectivity index (χ2v) is 5.30. The SMILES string of the molecule is CCOc1ccc(NC(=O)c2ccc(Br)c(Cl)c2)cc1. The average Bonchev–Trinajstić information content (AvgIpc) is 2.44. The molecule has 0 bridgehead atoms. The molecule has 0 aromatic heterocycles. The van der Waals surface area contributed by atoms with Gasteiger partial charge in [0.05, 0.1) is 11.6 Å². The van der Waals surface area contributed by atoms with Gasteiger partial charge in [-0.15, -0.1) is 0 Å². The number of hydrogen-bond donors (Lipinski definition) is 1. The zero-order chi connectivity index (χ0) is 14.5. The number of nitrogens with one attached hydrogen (secondary N) is 1. The van der Waals surface area contributed by atoms with E-state index < -0.39 is 0 Å². The molecule has 2 aromatic carbocycles. The molecule has 2 aromatic rings. The van der Waals surface area contributed by atoms with Gasteiger partial charge in [0.2, 0.25) is 0 Å². The van der Waals surface area contributed by atoms with E-state index in [2.05, 4.69) is 21.2 Å². The Morgan fingerprint density at radius 2 is 1.95 bits per heavy atom. The first-order valence-electron chi connectivity index (χ1n) is 6.09. The minimum Gasteiger partial charge on any atom is -0.494 e. The highest BCUT2D eigenvalue weighted by Crippen LogP contribution is 2.24. The van der Waals surface area contributed by atoms with Crippen molar-refractivity contribution in [1.29, 1.82) is 0 Å². The van der Waals surface area contributed by atoms with Gasteiger partial charge < -0.3 is 10.1 Å². The summed E-state index contributed by atoms with van der Waals surface area (Å²) in [4.78, 5) is 12.1. The summed E-state index contributed by atoms with van der Waals surface area (Å²) < 4.78 is 6.10. The first kappa shape index (κ1) is 14.9. The van der Waals surface area contributed by atoms with Crippen LogP contribution in [0.4, 0.5) is 5.69 Å². The van der Waals surface area contributed by atoms with E-state index in [4.69, 9.17) is 16.3 Å². The molecule has 104 valence electrons. The van der Waals surface area contributed by atoms with Gasteiger partial charge in [-0.3, -0.25) is 4.79 Å². The minimum absolute atomic E-state index is 0.205. The lowest BCUT2D eigenvalue weighted by Gasteiger charge is -2.07. The quantitative estimate of drug-likeness (QED) is 0.860. The maximum Gasteiger partial charge on any atom is 0.255 e. The van der Waals surface area contributed by atoms with Gasteiger partial charge >= 0.3 is 0 Å². The molecule has 0 unspecified atom stereocenters. The lowest BCUT2D eigenvalue weighted by Crippen LogP contribution is -2.11. The number of carbonyl (C=O) groups excluding carboxylic acids is 1. The van der Waals surface area contributed by atoms with Crippen molar-refractivity contribution in [1.82, 2.24) is 0 Å². The van der Waals surface area contributed by atoms with Gasteiger partial charge in [-0.05, 0) is 65.3 Å². The molecular weight excluding hydrogens is 342 g/mol. The third-order valence-electron chi connectivity index (χ3n) is 2.60. The first-order valence-corrected chi connectivity index (χ1v) is 7.26. The highest BCUT2D eigenvalue weighted by atomic mass is 79.9. The molecule has 2 rings (SSSR count). The standard InChI is InChI=1S/C15H13BrClNO2/c1-2-20-12-6-4-11(5-7-12)18-15(19)10-3-8-13(16)14(17)9-10/h3-9H,2H2,1H3,(H,18,19). The fraction of sp³-hybridized carbons (Fsp3) is 0.133. The van der Waals surface area contributed by atoms with Crippen molar-refractivity contribution in [2.24, 2.45) is 0 Å². The number of benzene rings is 2. The van der Waals surface area contributed by atoms with Crippen molar-refractivity contribution in [3.05, 3.63) is 57.5 Å². The average molecular weight is 355 g/mol. The number of carbonyl (C=O) groups is 1. The molecule has 0 saturated carbocycles. The number of rotatable bonds is 4. The summed E-state index contributed by atoms with van der Waals surface area (Å²) in [5, 5.41) is 3.31. The van der Waals surface area contributed by atoms with Crippen LogP contribution in [0.15, 0.2) is 46.9 Å². The lowest BCUT2D eigenvalue weighted by atomic mass is 10.2. The molecule has 0 saturated heterocycles. The zero-order valence-corrected chi connectivity index (χ0v) is 13.2. The van der Waals surface area contributed by atoms with E-state index in [9.17, 15) is 4.79 Å². The van der Waals surface area contributed by atoms with E-state index in [1.807, 2.05) is 19.1 Å². The molecule has 1 amide bonds. The second-order valence-electron chi connectivity index (χ2n) is 4.04. The molecule has 1 N–H and O–H groups in total. The summed E-state index contributed by atoms with van der Waals surface area (Å²) >= 11 is 9.26. The highest BCUT2D eigenvalue weighted by Gasteiger charge is 2.08. The van der Waals surface area contributed by atoms with Crippen molar-refractivity contribution >= 4 is 39.1 Å². The fourth-order valence-corrected chi connectivity index (χ4v) is 2.07. The van der Waals surface area contributed by atoms with Crippen LogP contribution in [0, 0.1) is 0 Å². The second kappa shape index (κ2) is 6.77. The number of halogens is 2. The molecule has 20 heavy (non-hydrogen) atoms. The van der Waals surface area contributed by atoms with Crippen LogP contribution < -0.4 is 10.1 Å². The summed E-state index contributed by atoms with van der Waals surface area (Å²) in [5.41, 5.74) is 1.21. The third kappa shape index (κ3) is 3.74. The molecular formula is C15H13BrClNO2. The van der Waals surface area contributed by atoms with E-state index in [1.165, 1.54) is 0 Å². The Hall–Kier alpha value is -1.52. The molecule has 0 aliphatic rings. The predicted molar refractivity (Wildman–Crippen MR) is 84.7 cm³/mol. The largest absolute Gasteiger partial charge is 0.494 e. The molecule has 0 heterocycles. The summed E-state index contributed by atoms with van der Waals surface area (Å²) in [6.45, 7) is 2.54. The molecule has 0 aliphatic heterocycles. The van der Waals surface area contributed by atoms with E-state index in [0.29, 0.717) is 22.9 Å². The molecule has 0 fully saturated rings. The van der Waals surface area contributed by atoms with Crippen LogP contribution in [-0.2, 0) is 0 Å². The van der Waals surface area contributed by atoms with Gasteiger partial charge in [-0.1, -0.05) is 11.6 Å². The van der Waals surface area contributed by atoms with Crippen molar-refractivity contribution in [3.63, 3.8) is 0 Å². The van der Waals surface area contributed by atoms with Crippen LogP contribution in [0.2, 0.25) is 5.02 Å². The summed E-state index contributed by atoms with van der Waals surface area (Å²) in [7, 11) is 0. The van der Waals surface area contributed by atoms with Crippen molar-refractivity contribution in [2.75, 3.05) is 11.9 Å². The monoisotopic (exact) mass is 353 g/mol. The van der Waals surface area contributed by atoms with Crippen LogP contribution in [0.25, 0.3) is 0 Å². The maximum atomic E-state index is 12.1. The number of hydrogen-bond acceptors (Lipinski definition) is 2. The number of amides is 1. The Labute approximate surface area is 131 Å². The Kier molecular flexibility index (Phi) is 5.04. The fourth-order valence-electron chi connectivity index (χ4n) is 1.64. The number of ether oxygens (including phenoxy) is 1. The lowest BCUT2D eigenvalue weighted by molar-refractivity contribution is 0.102. The van der Waals surface area contributed by atoms with E-state index in [0.717, 1.165) is 10.2 Å². The van der Waals surface area contributed by atoms with E-state index in [1.54, 1.807) is 30.3 Å². The van der Waals surface area contributed by atoms with E-state index in [-0.39, 0.29) is 5.91 Å². The van der Waals surface area contributed by atoms with Crippen LogP contribution in [-0.4, -0.2) is 12.5 Å². The van der Waals surface area contributed by atoms with Crippen molar-refractivity contribution in [3.8, 4) is 5.75 Å². The van der Waals surface area contributed by atoms with Crippen molar-refractivity contribution < 1.29 is 9.53 Å². The van der Waals surface area contributed by atoms with Gasteiger partial charge in [0.15, 0.2) is 0 Å². The molecule has 0 atom stereocenters. The number of anilines is 1. The molecule has 0 spiro atoms. The van der Waals surface area contributed by atoms with E-state index >= 15 is 0 Å². The van der Waals surface area contributed by atoms with Crippen LogP contribution in [0.3, 0.4) is 0 Å². The van der Waals surface area contributed by atoms with Gasteiger partial charge in [0.1, 0.15) is 5.75 Å². The van der Waals surface area contributed by atoms with Gasteiger partial charge in [0, 0.05) is 15.7 Å². The predicted octanol–water partition coefficient (Wildman–Crippen LogP) is 4.75. The Balaban J connectivity index is 2.08. The Morgan fingerprint density at radius 1 is 1.25 bits per heavy atom. The topological polar surface area (TPSA) is 38.3 Å².